The summed E-state index contributed by atoms with van der Waals surface area (Å²) in [7, 11) is 2.71. The maximum atomic E-state index is 12.3. The van der Waals surface area contributed by atoms with E-state index in [1.165, 1.54) is 14.2 Å². The molecule has 0 aliphatic heterocycles. The molecule has 2 rings (SSSR count). The Labute approximate surface area is 121 Å². The third kappa shape index (κ3) is 1.55. The Kier molecular flexibility index (Phi) is 3.90. The van der Waals surface area contributed by atoms with Gasteiger partial charge in [0.25, 0.3) is 0 Å². The Morgan fingerprint density at radius 2 is 1.78 bits per heavy atom. The first kappa shape index (κ1) is 14.1. The molecule has 0 N–H and O–H groups in total. The van der Waals surface area contributed by atoms with E-state index >= 15 is 0 Å². The number of alkyl halides is 1. The average molecular weight is 366 g/mol. The summed E-state index contributed by atoms with van der Waals surface area (Å²) in [6, 6.07) is 0. The lowest BCUT2D eigenvalue weighted by molar-refractivity contribution is -0.177. The lowest BCUT2D eigenvalue weighted by Gasteiger charge is -2.40. The third-order valence-corrected chi connectivity index (χ3v) is 6.34. The first-order valence-electron chi connectivity index (χ1n) is 6.32. The van der Waals surface area contributed by atoms with Crippen molar-refractivity contribution < 1.29 is 19.1 Å². The molecule has 0 saturated heterocycles. The molecule has 0 unspecified atom stereocenters. The fourth-order valence-corrected chi connectivity index (χ4v) is 5.75. The zero-order valence-corrected chi connectivity index (χ0v) is 13.0. The van der Waals surface area contributed by atoms with Crippen LogP contribution >= 0.6 is 22.6 Å². The van der Waals surface area contributed by atoms with Gasteiger partial charge in [0.2, 0.25) is 0 Å². The predicted molar refractivity (Wildman–Crippen MR) is 74.4 cm³/mol. The van der Waals surface area contributed by atoms with E-state index in [0.717, 1.165) is 30.1 Å². The van der Waals surface area contributed by atoms with Crippen molar-refractivity contribution in [3.8, 4) is 0 Å². The van der Waals surface area contributed by atoms with Crippen LogP contribution in [0.25, 0.3) is 0 Å². The number of hydrogen-bond donors (Lipinski definition) is 0. The molecule has 2 aliphatic rings. The molecule has 18 heavy (non-hydrogen) atoms. The quantitative estimate of drug-likeness (QED) is 0.333. The highest BCUT2D eigenvalue weighted by molar-refractivity contribution is 14.1. The van der Waals surface area contributed by atoms with Crippen LogP contribution in [0.2, 0.25) is 0 Å². The topological polar surface area (TPSA) is 52.6 Å². The molecule has 0 bridgehead atoms. The molecule has 2 atom stereocenters. The number of esters is 2. The van der Waals surface area contributed by atoms with Crippen molar-refractivity contribution in [2.75, 3.05) is 18.6 Å². The predicted octanol–water partition coefficient (Wildman–Crippen LogP) is 2.33. The number of fused-ring (bicyclic) bond motifs is 1. The Morgan fingerprint density at radius 3 is 2.28 bits per heavy atom. The second-order valence-electron chi connectivity index (χ2n) is 5.31. The van der Waals surface area contributed by atoms with Gasteiger partial charge in [0, 0.05) is 9.84 Å². The minimum absolute atomic E-state index is 0.256. The SMILES string of the molecule is COC(=O)C1(C(=O)OC)CC[C@@H]2CCC[C@@]21CI. The largest absolute Gasteiger partial charge is 0.468 e. The van der Waals surface area contributed by atoms with Gasteiger partial charge in [-0.15, -0.1) is 0 Å². The summed E-state index contributed by atoms with van der Waals surface area (Å²) in [5.41, 5.74) is -1.33. The summed E-state index contributed by atoms with van der Waals surface area (Å²) in [5, 5.41) is 0. The Bertz CT molecular complexity index is 352. The van der Waals surface area contributed by atoms with Crippen molar-refractivity contribution in [3.63, 3.8) is 0 Å². The van der Waals surface area contributed by atoms with Crippen LogP contribution in [0.5, 0.6) is 0 Å². The number of halogens is 1. The van der Waals surface area contributed by atoms with Crippen LogP contribution < -0.4 is 0 Å². The Hall–Kier alpha value is -0.330. The van der Waals surface area contributed by atoms with Gasteiger partial charge >= 0.3 is 11.9 Å². The minimum Gasteiger partial charge on any atom is -0.468 e. The molecule has 0 aromatic rings. The zero-order chi connectivity index (χ0) is 13.4. The maximum absolute atomic E-state index is 12.3. The van der Waals surface area contributed by atoms with Gasteiger partial charge in [0.1, 0.15) is 0 Å². The molecule has 0 aromatic carbocycles. The molecule has 102 valence electrons. The van der Waals surface area contributed by atoms with Crippen molar-refractivity contribution >= 4 is 34.5 Å². The molecule has 0 amide bonds. The van der Waals surface area contributed by atoms with Crippen LogP contribution in [0.15, 0.2) is 0 Å². The van der Waals surface area contributed by atoms with Crippen LogP contribution in [0.3, 0.4) is 0 Å². The van der Waals surface area contributed by atoms with E-state index in [9.17, 15) is 9.59 Å². The summed E-state index contributed by atoms with van der Waals surface area (Å²) >= 11 is 2.31. The van der Waals surface area contributed by atoms with Crippen LogP contribution in [-0.4, -0.2) is 30.6 Å². The molecule has 5 heteroatoms. The number of hydrogen-bond acceptors (Lipinski definition) is 4. The van der Waals surface area contributed by atoms with Gasteiger partial charge in [0.05, 0.1) is 14.2 Å². The highest BCUT2D eigenvalue weighted by Crippen LogP contribution is 2.65. The molecular weight excluding hydrogens is 347 g/mol. The maximum Gasteiger partial charge on any atom is 0.323 e. The van der Waals surface area contributed by atoms with E-state index in [-0.39, 0.29) is 5.41 Å². The Morgan fingerprint density at radius 1 is 1.17 bits per heavy atom. The highest BCUT2D eigenvalue weighted by Gasteiger charge is 2.70. The summed E-state index contributed by atoms with van der Waals surface area (Å²) in [5.74, 6) is -0.363. The smallest absolute Gasteiger partial charge is 0.323 e. The molecule has 2 fully saturated rings. The molecule has 4 nitrogen and oxygen atoms in total. The summed E-state index contributed by atoms with van der Waals surface area (Å²) in [4.78, 5) is 24.6. The van der Waals surface area contributed by atoms with E-state index in [4.69, 9.17) is 9.47 Å². The number of rotatable bonds is 3. The minimum atomic E-state index is -1.07. The first-order valence-corrected chi connectivity index (χ1v) is 7.84. The summed E-state index contributed by atoms with van der Waals surface area (Å²) in [6.07, 6.45) is 4.61. The van der Waals surface area contributed by atoms with Crippen molar-refractivity contribution in [3.05, 3.63) is 0 Å². The van der Waals surface area contributed by atoms with Crippen molar-refractivity contribution in [2.45, 2.75) is 32.1 Å². The van der Waals surface area contributed by atoms with Crippen LogP contribution in [-0.2, 0) is 19.1 Å². The summed E-state index contributed by atoms with van der Waals surface area (Å²) in [6.45, 7) is 0. The normalized spacial score (nSPS) is 32.9. The highest BCUT2D eigenvalue weighted by atomic mass is 127. The van der Waals surface area contributed by atoms with E-state index < -0.39 is 17.4 Å². The molecule has 0 aromatic heterocycles. The monoisotopic (exact) mass is 366 g/mol. The third-order valence-electron chi connectivity index (χ3n) is 4.98. The van der Waals surface area contributed by atoms with Gasteiger partial charge in [-0.05, 0) is 31.6 Å². The van der Waals surface area contributed by atoms with Gasteiger partial charge < -0.3 is 9.47 Å². The molecular formula is C13H19IO4. The lowest BCUT2D eigenvalue weighted by Crippen LogP contribution is -2.52. The van der Waals surface area contributed by atoms with Gasteiger partial charge in [-0.3, -0.25) is 9.59 Å². The second kappa shape index (κ2) is 4.98. The molecule has 0 heterocycles. The Balaban J connectivity index is 2.52. The molecule has 2 saturated carbocycles. The van der Waals surface area contributed by atoms with E-state index in [2.05, 4.69) is 22.6 Å². The number of methoxy groups -OCH3 is 2. The number of ether oxygens (including phenoxy) is 2. The van der Waals surface area contributed by atoms with Crippen LogP contribution in [0.4, 0.5) is 0 Å². The second-order valence-corrected chi connectivity index (χ2v) is 6.07. The summed E-state index contributed by atoms with van der Waals surface area (Å²) < 4.78 is 10.7. The number of carbonyl (C=O) groups is 2. The van der Waals surface area contributed by atoms with Crippen molar-refractivity contribution in [1.82, 2.24) is 0 Å². The fourth-order valence-electron chi connectivity index (χ4n) is 4.10. The van der Waals surface area contributed by atoms with Gasteiger partial charge in [-0.1, -0.05) is 29.0 Å². The van der Waals surface area contributed by atoms with Crippen LogP contribution in [0.1, 0.15) is 32.1 Å². The van der Waals surface area contributed by atoms with Gasteiger partial charge in [-0.2, -0.15) is 0 Å². The lowest BCUT2D eigenvalue weighted by atomic mass is 9.64. The van der Waals surface area contributed by atoms with Crippen molar-refractivity contribution in [1.29, 1.82) is 0 Å². The molecule has 0 spiro atoms. The van der Waals surface area contributed by atoms with E-state index in [1.807, 2.05) is 0 Å². The first-order chi connectivity index (χ1) is 8.59. The van der Waals surface area contributed by atoms with E-state index in [0.29, 0.717) is 12.3 Å². The standard InChI is InChI=1S/C13H19IO4/c1-17-10(15)13(11(16)18-2)7-5-9-4-3-6-12(9,13)8-14/h9H,3-8H2,1-2H3/t9-,12+/m0/s1. The van der Waals surface area contributed by atoms with Crippen LogP contribution in [0, 0.1) is 16.7 Å². The molecule has 2 aliphatic carbocycles. The fraction of sp³-hybridized carbons (Fsp3) is 0.846. The number of carbonyl (C=O) groups excluding carboxylic acids is 2. The zero-order valence-electron chi connectivity index (χ0n) is 10.8. The van der Waals surface area contributed by atoms with E-state index in [1.54, 1.807) is 0 Å². The van der Waals surface area contributed by atoms with Crippen molar-refractivity contribution in [2.24, 2.45) is 16.7 Å². The van der Waals surface area contributed by atoms with Gasteiger partial charge in [-0.25, -0.2) is 0 Å². The molecule has 0 radical (unpaired) electrons. The van der Waals surface area contributed by atoms with Gasteiger partial charge in [0.15, 0.2) is 5.41 Å². The average Bonchev–Trinajstić information content (AvgIpc) is 2.94.